The minimum absolute atomic E-state index is 0.182. The summed E-state index contributed by atoms with van der Waals surface area (Å²) in [7, 11) is 0. The van der Waals surface area contributed by atoms with Crippen LogP contribution in [0.5, 0.6) is 11.5 Å². The fraction of sp³-hybridized carbons (Fsp3) is 0.500. The van der Waals surface area contributed by atoms with Crippen LogP contribution in [0.2, 0.25) is 0 Å². The molecule has 0 spiro atoms. The maximum absolute atomic E-state index is 9.27. The number of alkyl halides is 1. The van der Waals surface area contributed by atoms with Crippen molar-refractivity contribution >= 4 is 11.6 Å². The molecule has 0 fully saturated rings. The molecule has 0 aliphatic carbocycles. The van der Waals surface area contributed by atoms with Gasteiger partial charge in [-0.05, 0) is 24.5 Å². The first-order valence-electron chi connectivity index (χ1n) is 5.42. The number of hydrogen-bond acceptors (Lipinski definition) is 3. The molecule has 0 bridgehead atoms. The van der Waals surface area contributed by atoms with Gasteiger partial charge in [-0.1, -0.05) is 6.07 Å². The summed E-state index contributed by atoms with van der Waals surface area (Å²) in [6.07, 6.45) is 1.50. The van der Waals surface area contributed by atoms with Crippen molar-refractivity contribution in [2.45, 2.75) is 18.9 Å². The first-order chi connectivity index (χ1) is 7.79. The van der Waals surface area contributed by atoms with E-state index >= 15 is 0 Å². The van der Waals surface area contributed by atoms with Gasteiger partial charge in [0, 0.05) is 6.07 Å². The molecule has 0 saturated heterocycles. The highest BCUT2D eigenvalue weighted by Crippen LogP contribution is 2.28. The van der Waals surface area contributed by atoms with E-state index in [2.05, 4.69) is 0 Å². The Kier molecular flexibility index (Phi) is 3.91. The zero-order valence-electron chi connectivity index (χ0n) is 8.99. The molecule has 1 aromatic rings. The Labute approximate surface area is 99.9 Å². The van der Waals surface area contributed by atoms with Gasteiger partial charge in [-0.2, -0.15) is 0 Å². The number of hydrogen-bond donors (Lipinski definition) is 1. The Balaban J connectivity index is 2.00. The maximum Gasteiger partial charge on any atom is 0.126 e. The zero-order chi connectivity index (χ0) is 11.4. The van der Waals surface area contributed by atoms with Crippen LogP contribution >= 0.6 is 11.6 Å². The number of rotatable bonds is 4. The lowest BCUT2D eigenvalue weighted by Gasteiger charge is -2.18. The number of benzene rings is 1. The summed E-state index contributed by atoms with van der Waals surface area (Å²) in [6.45, 7) is 0.975. The lowest BCUT2D eigenvalue weighted by atomic mass is 10.1. The zero-order valence-corrected chi connectivity index (χ0v) is 9.74. The predicted octanol–water partition coefficient (Wildman–Crippen LogP) is 1.99. The van der Waals surface area contributed by atoms with Gasteiger partial charge in [-0.15, -0.1) is 11.6 Å². The van der Waals surface area contributed by atoms with Crippen LogP contribution in [0.4, 0.5) is 0 Å². The summed E-state index contributed by atoms with van der Waals surface area (Å²) in [5.41, 5.74) is 1.22. The van der Waals surface area contributed by atoms with Gasteiger partial charge < -0.3 is 14.6 Å². The summed E-state index contributed by atoms with van der Waals surface area (Å²) in [5, 5.41) is 9.27. The molecule has 1 aliphatic heterocycles. The Morgan fingerprint density at radius 3 is 3.19 bits per heavy atom. The van der Waals surface area contributed by atoms with Crippen LogP contribution in [0, 0.1) is 0 Å². The maximum atomic E-state index is 9.27. The Hall–Kier alpha value is -0.930. The molecule has 4 heteroatoms. The summed E-state index contributed by atoms with van der Waals surface area (Å²) >= 11 is 5.48. The molecule has 1 unspecified atom stereocenters. The smallest absolute Gasteiger partial charge is 0.126 e. The molecule has 0 saturated carbocycles. The van der Waals surface area contributed by atoms with Crippen molar-refractivity contribution in [3.63, 3.8) is 0 Å². The molecule has 1 N–H and O–H groups in total. The van der Waals surface area contributed by atoms with E-state index in [1.807, 2.05) is 18.2 Å². The number of fused-ring (bicyclic) bond motifs is 1. The van der Waals surface area contributed by atoms with E-state index in [1.54, 1.807) is 0 Å². The van der Waals surface area contributed by atoms with Gasteiger partial charge in [0.05, 0.1) is 12.5 Å². The van der Waals surface area contributed by atoms with Gasteiger partial charge in [0.25, 0.3) is 0 Å². The van der Waals surface area contributed by atoms with Crippen LogP contribution in [-0.4, -0.2) is 30.3 Å². The molecule has 1 heterocycles. The molecular weight excluding hydrogens is 228 g/mol. The van der Waals surface area contributed by atoms with Crippen molar-refractivity contribution < 1.29 is 14.6 Å². The van der Waals surface area contributed by atoms with E-state index in [0.29, 0.717) is 5.75 Å². The fourth-order valence-corrected chi connectivity index (χ4v) is 1.74. The van der Waals surface area contributed by atoms with Crippen molar-refractivity contribution in [1.82, 2.24) is 0 Å². The second-order valence-electron chi connectivity index (χ2n) is 3.84. The molecular formula is C12H15ClO3. The number of aliphatic hydroxyl groups excluding tert-OH is 1. The molecule has 2 rings (SSSR count). The van der Waals surface area contributed by atoms with E-state index in [1.165, 1.54) is 5.56 Å². The van der Waals surface area contributed by atoms with Crippen LogP contribution in [-0.2, 0) is 6.42 Å². The Morgan fingerprint density at radius 2 is 2.38 bits per heavy atom. The van der Waals surface area contributed by atoms with Crippen LogP contribution in [0.15, 0.2) is 18.2 Å². The molecule has 1 atom stereocenters. The first kappa shape index (κ1) is 11.6. The summed E-state index contributed by atoms with van der Waals surface area (Å²) in [6, 6.07) is 5.78. The van der Waals surface area contributed by atoms with Gasteiger partial charge in [-0.3, -0.25) is 0 Å². The summed E-state index contributed by atoms with van der Waals surface area (Å²) in [5.74, 6) is 1.79. The molecule has 16 heavy (non-hydrogen) atoms. The second-order valence-corrected chi connectivity index (χ2v) is 4.15. The standard InChI is InChI=1S/C12H15ClO3/c13-7-10(14)8-16-11-4-3-9-2-1-5-15-12(9)6-11/h3-4,6,10,14H,1-2,5,7-8H2. The topological polar surface area (TPSA) is 38.7 Å². The van der Waals surface area contributed by atoms with Gasteiger partial charge in [0.1, 0.15) is 24.2 Å². The number of halogens is 1. The second kappa shape index (κ2) is 5.41. The van der Waals surface area contributed by atoms with Crippen molar-refractivity contribution in [2.24, 2.45) is 0 Å². The average molecular weight is 243 g/mol. The minimum atomic E-state index is -0.626. The van der Waals surface area contributed by atoms with Crippen molar-refractivity contribution in [1.29, 1.82) is 0 Å². The Bertz CT molecular complexity index is 354. The third-order valence-electron chi connectivity index (χ3n) is 2.51. The van der Waals surface area contributed by atoms with E-state index in [-0.39, 0.29) is 12.5 Å². The van der Waals surface area contributed by atoms with E-state index < -0.39 is 6.10 Å². The largest absolute Gasteiger partial charge is 0.493 e. The third kappa shape index (κ3) is 2.80. The SMILES string of the molecule is OC(CCl)COc1ccc2c(c1)OCCC2. The molecule has 1 aromatic carbocycles. The third-order valence-corrected chi connectivity index (χ3v) is 2.86. The fourth-order valence-electron chi connectivity index (χ4n) is 1.65. The van der Waals surface area contributed by atoms with Gasteiger partial charge >= 0.3 is 0 Å². The first-order valence-corrected chi connectivity index (χ1v) is 5.95. The Morgan fingerprint density at radius 1 is 1.50 bits per heavy atom. The van der Waals surface area contributed by atoms with Crippen LogP contribution in [0.1, 0.15) is 12.0 Å². The van der Waals surface area contributed by atoms with E-state index in [0.717, 1.165) is 25.2 Å². The molecule has 3 nitrogen and oxygen atoms in total. The average Bonchev–Trinajstić information content (AvgIpc) is 2.35. The van der Waals surface area contributed by atoms with E-state index in [4.69, 9.17) is 21.1 Å². The predicted molar refractivity (Wildman–Crippen MR) is 62.5 cm³/mol. The quantitative estimate of drug-likeness (QED) is 0.821. The van der Waals surface area contributed by atoms with Gasteiger partial charge in [0.2, 0.25) is 0 Å². The lowest BCUT2D eigenvalue weighted by Crippen LogP contribution is -2.19. The number of aryl methyl sites for hydroxylation is 1. The molecule has 0 amide bonds. The highest BCUT2D eigenvalue weighted by molar-refractivity contribution is 6.18. The molecule has 0 radical (unpaired) electrons. The molecule has 88 valence electrons. The lowest BCUT2D eigenvalue weighted by molar-refractivity contribution is 0.125. The minimum Gasteiger partial charge on any atom is -0.493 e. The van der Waals surface area contributed by atoms with Gasteiger partial charge in [0.15, 0.2) is 0 Å². The van der Waals surface area contributed by atoms with Crippen molar-refractivity contribution in [3.05, 3.63) is 23.8 Å². The number of ether oxygens (including phenoxy) is 2. The molecule has 0 aromatic heterocycles. The normalized spacial score (nSPS) is 16.1. The van der Waals surface area contributed by atoms with Crippen molar-refractivity contribution in [3.8, 4) is 11.5 Å². The highest BCUT2D eigenvalue weighted by Gasteiger charge is 2.11. The summed E-state index contributed by atoms with van der Waals surface area (Å²) < 4.78 is 10.9. The van der Waals surface area contributed by atoms with E-state index in [9.17, 15) is 5.11 Å². The monoisotopic (exact) mass is 242 g/mol. The van der Waals surface area contributed by atoms with Crippen molar-refractivity contribution in [2.75, 3.05) is 19.1 Å². The van der Waals surface area contributed by atoms with Gasteiger partial charge in [-0.25, -0.2) is 0 Å². The van der Waals surface area contributed by atoms with Crippen LogP contribution in [0.25, 0.3) is 0 Å². The summed E-state index contributed by atoms with van der Waals surface area (Å²) in [4.78, 5) is 0. The molecule has 1 aliphatic rings. The van der Waals surface area contributed by atoms with Crippen LogP contribution in [0.3, 0.4) is 0 Å². The highest BCUT2D eigenvalue weighted by atomic mass is 35.5. The van der Waals surface area contributed by atoms with Crippen LogP contribution < -0.4 is 9.47 Å². The number of aliphatic hydroxyl groups is 1.